The first kappa shape index (κ1) is 27.1. The summed E-state index contributed by atoms with van der Waals surface area (Å²) in [5, 5.41) is 16.0. The van der Waals surface area contributed by atoms with Gasteiger partial charge in [0.15, 0.2) is 5.75 Å². The number of hydrogen-bond acceptors (Lipinski definition) is 7. The number of nitro groups is 1. The van der Waals surface area contributed by atoms with E-state index >= 15 is 0 Å². The van der Waals surface area contributed by atoms with E-state index in [0.717, 1.165) is 49.1 Å². The highest BCUT2D eigenvalue weighted by atomic mass is 127. The van der Waals surface area contributed by atoms with Gasteiger partial charge in [-0.3, -0.25) is 14.9 Å². The van der Waals surface area contributed by atoms with Gasteiger partial charge >= 0.3 is 0 Å². The van der Waals surface area contributed by atoms with Crippen LogP contribution >= 0.6 is 61.1 Å². The van der Waals surface area contributed by atoms with Gasteiger partial charge in [0, 0.05) is 22.5 Å². The summed E-state index contributed by atoms with van der Waals surface area (Å²) in [5.74, 6) is 1.73. The number of nitrogens with zero attached hydrogens (tertiary/aromatic N) is 5. The fraction of sp³-hybridized carbons (Fsp3) is 0.231. The van der Waals surface area contributed by atoms with E-state index < -0.39 is 4.92 Å². The molecule has 194 valence electrons. The van der Waals surface area contributed by atoms with Crippen LogP contribution in [0.2, 0.25) is 0 Å². The maximum atomic E-state index is 13.5. The molecule has 4 aromatic rings. The zero-order valence-corrected chi connectivity index (χ0v) is 25.7. The average molecular weight is 800 g/mol. The lowest BCUT2D eigenvalue weighted by molar-refractivity contribution is -0.385. The molecule has 5 rings (SSSR count). The predicted octanol–water partition coefficient (Wildman–Crippen LogP) is 7.39. The van der Waals surface area contributed by atoms with Crippen molar-refractivity contribution in [3.8, 4) is 11.6 Å². The zero-order valence-electron chi connectivity index (χ0n) is 19.8. The minimum absolute atomic E-state index is 0.105. The van der Waals surface area contributed by atoms with Crippen LogP contribution in [0.15, 0.2) is 63.0 Å². The van der Waals surface area contributed by atoms with Crippen LogP contribution < -0.4 is 10.3 Å². The third-order valence-electron chi connectivity index (χ3n) is 6.28. The summed E-state index contributed by atoms with van der Waals surface area (Å²) < 4.78 is 9.78. The number of ether oxygens (including phenoxy) is 1. The molecule has 2 aromatic heterocycles. The van der Waals surface area contributed by atoms with Crippen molar-refractivity contribution in [1.29, 1.82) is 0 Å². The molecule has 0 amide bonds. The van der Waals surface area contributed by atoms with Gasteiger partial charge in [0.2, 0.25) is 5.88 Å². The molecule has 9 nitrogen and oxygen atoms in total. The molecule has 0 aliphatic heterocycles. The molecule has 0 spiro atoms. The molecule has 0 atom stereocenters. The molecule has 1 aliphatic rings. The second-order valence-electron chi connectivity index (χ2n) is 8.86. The van der Waals surface area contributed by atoms with Gasteiger partial charge in [-0.15, -0.1) is 0 Å². The van der Waals surface area contributed by atoms with Gasteiger partial charge in [-0.2, -0.15) is 9.78 Å². The van der Waals surface area contributed by atoms with E-state index in [4.69, 9.17) is 9.72 Å². The first-order valence-corrected chi connectivity index (χ1v) is 14.8. The Hall–Kier alpha value is -2.46. The van der Waals surface area contributed by atoms with Crippen LogP contribution in [0.25, 0.3) is 10.9 Å². The number of rotatable bonds is 6. The first-order valence-electron chi connectivity index (χ1n) is 11.8. The van der Waals surface area contributed by atoms with Gasteiger partial charge < -0.3 is 4.74 Å². The third kappa shape index (κ3) is 5.91. The number of fused-ring (bicyclic) bond motifs is 1. The van der Waals surface area contributed by atoms with Crippen LogP contribution in [-0.4, -0.2) is 25.8 Å². The lowest BCUT2D eigenvalue weighted by Crippen LogP contribution is -2.25. The van der Waals surface area contributed by atoms with Gasteiger partial charge in [-0.05, 0) is 93.9 Å². The molecule has 2 aromatic carbocycles. The summed E-state index contributed by atoms with van der Waals surface area (Å²) in [6, 6.07) is 12.1. The summed E-state index contributed by atoms with van der Waals surface area (Å²) >= 11 is 7.78. The number of aromatic nitrogens is 3. The lowest BCUT2D eigenvalue weighted by Gasteiger charge is -2.22. The molecule has 12 heteroatoms. The molecule has 0 saturated heterocycles. The quantitative estimate of drug-likeness (QED) is 0.0871. The Morgan fingerprint density at radius 3 is 2.50 bits per heavy atom. The van der Waals surface area contributed by atoms with Crippen LogP contribution in [-0.2, 0) is 0 Å². The summed E-state index contributed by atoms with van der Waals surface area (Å²) in [7, 11) is 0. The van der Waals surface area contributed by atoms with Crippen LogP contribution in [0.5, 0.6) is 11.6 Å². The zero-order chi connectivity index (χ0) is 26.8. The normalized spacial score (nSPS) is 14.3. The Balaban J connectivity index is 1.49. The van der Waals surface area contributed by atoms with Crippen LogP contribution in [0, 0.1) is 17.3 Å². The molecule has 0 bridgehead atoms. The molecule has 38 heavy (non-hydrogen) atoms. The first-order chi connectivity index (χ1) is 18.3. The molecule has 0 N–H and O–H groups in total. The summed E-state index contributed by atoms with van der Waals surface area (Å²) in [5.41, 5.74) is 1.17. The maximum Gasteiger partial charge on any atom is 0.287 e. The number of pyridine rings is 1. The third-order valence-corrected chi connectivity index (χ3v) is 8.38. The Morgan fingerprint density at radius 2 is 1.84 bits per heavy atom. The van der Waals surface area contributed by atoms with Gasteiger partial charge in [0.25, 0.3) is 11.2 Å². The monoisotopic (exact) mass is 799 g/mol. The van der Waals surface area contributed by atoms with Crippen molar-refractivity contribution >= 4 is 83.9 Å². The molecule has 2 heterocycles. The minimum atomic E-state index is -0.507. The van der Waals surface area contributed by atoms with Gasteiger partial charge in [-0.25, -0.2) is 9.97 Å². The molecule has 1 aliphatic carbocycles. The number of halogens is 3. The Kier molecular flexibility index (Phi) is 8.38. The molecule has 0 radical (unpaired) electrons. The summed E-state index contributed by atoms with van der Waals surface area (Å²) in [4.78, 5) is 32.8. The second kappa shape index (κ2) is 11.7. The Labute approximate surface area is 253 Å². The SMILES string of the molecule is O=c1c2cc(Br)ccc2nc(C2CCCCC2)n1N=Cc1cc(I)c(Oc2ccc([N+](=O)[O-])cn2)c(I)c1. The molecule has 1 saturated carbocycles. The van der Waals surface area contributed by atoms with Crippen molar-refractivity contribution in [2.24, 2.45) is 5.10 Å². The highest BCUT2D eigenvalue weighted by Crippen LogP contribution is 2.33. The van der Waals surface area contributed by atoms with E-state index in [1.54, 1.807) is 12.3 Å². The van der Waals surface area contributed by atoms with Gasteiger partial charge in [0.05, 0.1) is 29.2 Å². The van der Waals surface area contributed by atoms with Gasteiger partial charge in [-0.1, -0.05) is 35.2 Å². The van der Waals surface area contributed by atoms with Crippen molar-refractivity contribution < 1.29 is 9.66 Å². The van der Waals surface area contributed by atoms with E-state index in [9.17, 15) is 14.9 Å². The summed E-state index contributed by atoms with van der Waals surface area (Å²) in [6.07, 6.45) is 8.23. The van der Waals surface area contributed by atoms with Crippen molar-refractivity contribution in [2.75, 3.05) is 0 Å². The predicted molar refractivity (Wildman–Crippen MR) is 165 cm³/mol. The summed E-state index contributed by atoms with van der Waals surface area (Å²) in [6.45, 7) is 0. The van der Waals surface area contributed by atoms with Crippen molar-refractivity contribution in [1.82, 2.24) is 14.6 Å². The van der Waals surface area contributed by atoms with E-state index in [1.165, 1.54) is 23.2 Å². The maximum absolute atomic E-state index is 13.5. The van der Waals surface area contributed by atoms with Crippen LogP contribution in [0.1, 0.15) is 49.4 Å². The van der Waals surface area contributed by atoms with Crippen molar-refractivity contribution in [2.45, 2.75) is 38.0 Å². The van der Waals surface area contributed by atoms with Crippen molar-refractivity contribution in [3.05, 3.63) is 92.1 Å². The highest BCUT2D eigenvalue weighted by molar-refractivity contribution is 14.1. The van der Waals surface area contributed by atoms with E-state index in [1.807, 2.05) is 24.3 Å². The van der Waals surface area contributed by atoms with E-state index in [2.05, 4.69) is 71.2 Å². The topological polar surface area (TPSA) is 113 Å². The van der Waals surface area contributed by atoms with Crippen LogP contribution in [0.3, 0.4) is 0 Å². The lowest BCUT2D eigenvalue weighted by atomic mass is 9.88. The standard InChI is InChI=1S/C26H20BrI2N5O4/c27-17-6-8-22-19(12-17)26(35)33(25(32-22)16-4-2-1-3-5-16)31-13-15-10-20(28)24(21(29)11-15)38-23-9-7-18(14-30-23)34(36)37/h6-14,16H,1-5H2. The fourth-order valence-corrected chi connectivity index (χ4v) is 6.82. The number of hydrogen-bond donors (Lipinski definition) is 0. The minimum Gasteiger partial charge on any atom is -0.437 e. The smallest absolute Gasteiger partial charge is 0.287 e. The van der Waals surface area contributed by atoms with E-state index in [-0.39, 0.29) is 23.0 Å². The van der Waals surface area contributed by atoms with E-state index in [0.29, 0.717) is 22.5 Å². The molecular weight excluding hydrogens is 780 g/mol. The Morgan fingerprint density at radius 1 is 1.11 bits per heavy atom. The molecular formula is C26H20BrI2N5O4. The molecule has 1 fully saturated rings. The van der Waals surface area contributed by atoms with Gasteiger partial charge in [0.1, 0.15) is 12.0 Å². The average Bonchev–Trinajstić information content (AvgIpc) is 2.91. The fourth-order valence-electron chi connectivity index (χ4n) is 4.42. The second-order valence-corrected chi connectivity index (χ2v) is 12.1. The molecule has 0 unspecified atom stereocenters. The highest BCUT2D eigenvalue weighted by Gasteiger charge is 2.22. The largest absolute Gasteiger partial charge is 0.437 e. The van der Waals surface area contributed by atoms with Crippen molar-refractivity contribution in [3.63, 3.8) is 0 Å². The number of benzene rings is 2. The Bertz CT molecular complexity index is 1600. The van der Waals surface area contributed by atoms with Crippen LogP contribution in [0.4, 0.5) is 5.69 Å².